The van der Waals surface area contributed by atoms with Crippen LogP contribution in [0.2, 0.25) is 0 Å². The van der Waals surface area contributed by atoms with Crippen LogP contribution in [0, 0.1) is 23.7 Å². The Morgan fingerprint density at radius 1 is 0.563 bits per heavy atom. The van der Waals surface area contributed by atoms with Gasteiger partial charge in [0.25, 0.3) is 0 Å². The van der Waals surface area contributed by atoms with Gasteiger partial charge in [-0.15, -0.1) is 0 Å². The average Bonchev–Trinajstić information content (AvgIpc) is 3.82. The molecular formula is C48H88N14O9. The molecule has 14 N–H and O–H groups in total. The van der Waals surface area contributed by atoms with Crippen LogP contribution in [-0.2, 0) is 35.2 Å². The molecule has 10 atom stereocenters. The third kappa shape index (κ3) is 26.1. The fourth-order valence-electron chi connectivity index (χ4n) is 7.42. The van der Waals surface area contributed by atoms with Crippen molar-refractivity contribution >= 4 is 53.9 Å². The van der Waals surface area contributed by atoms with Crippen LogP contribution in [-0.4, -0.2) is 138 Å². The summed E-state index contributed by atoms with van der Waals surface area (Å²) < 4.78 is 0. The number of H-pyrrole nitrogens is 1. The summed E-state index contributed by atoms with van der Waals surface area (Å²) in [4.78, 5) is 124. The van der Waals surface area contributed by atoms with Crippen molar-refractivity contribution in [2.75, 3.05) is 19.6 Å². The SMILES string of the molecule is CCC[C@H](NC(=O)[C@H](Cc1cnc[nH]1)NC(=O)[C@H](C)N)C(=O)N[C@H](C(=O)N[C@H](CNC(=O)N[C@@H](CC)CNC(=O)N[C@H](CNC(=O)N[C@@H](CC(C)C)C(=O)N[C@@H](C)C=O)CC(C)C)CC(C)C)[C@@H](C)CC. The number of hydrogen-bond donors (Lipinski definition) is 13. The molecule has 0 spiro atoms. The molecule has 404 valence electrons. The molecule has 0 radical (unpaired) electrons. The number of amides is 11. The van der Waals surface area contributed by atoms with Gasteiger partial charge in [-0.1, -0.05) is 82.1 Å². The molecule has 1 heterocycles. The predicted molar refractivity (Wildman–Crippen MR) is 271 cm³/mol. The van der Waals surface area contributed by atoms with Crippen LogP contribution in [0.15, 0.2) is 12.5 Å². The zero-order valence-corrected chi connectivity index (χ0v) is 44.2. The second-order valence-electron chi connectivity index (χ2n) is 19.8. The van der Waals surface area contributed by atoms with Crippen molar-refractivity contribution < 1.29 is 43.2 Å². The number of carbonyl (C=O) groups excluding carboxylic acids is 9. The molecule has 0 unspecified atom stereocenters. The zero-order chi connectivity index (χ0) is 53.8. The number of nitrogens with zero attached hydrogens (tertiary/aromatic N) is 1. The van der Waals surface area contributed by atoms with E-state index in [1.807, 2.05) is 69.2 Å². The van der Waals surface area contributed by atoms with Gasteiger partial charge in [0, 0.05) is 56.1 Å². The summed E-state index contributed by atoms with van der Waals surface area (Å²) in [5, 5.41) is 30.7. The minimum Gasteiger partial charge on any atom is -0.350 e. The number of aldehydes is 1. The number of hydrogen-bond acceptors (Lipinski definition) is 11. The lowest BCUT2D eigenvalue weighted by Gasteiger charge is -2.30. The monoisotopic (exact) mass is 1000 g/mol. The Kier molecular flexibility index (Phi) is 29.8. The molecule has 23 nitrogen and oxygen atoms in total. The van der Waals surface area contributed by atoms with E-state index in [2.05, 4.69) is 68.5 Å². The van der Waals surface area contributed by atoms with E-state index in [1.54, 1.807) is 0 Å². The van der Waals surface area contributed by atoms with Gasteiger partial charge in [0.2, 0.25) is 29.5 Å². The highest BCUT2D eigenvalue weighted by Crippen LogP contribution is 2.13. The van der Waals surface area contributed by atoms with E-state index in [0.717, 1.165) is 0 Å². The number of carbonyl (C=O) groups is 9. The highest BCUT2D eigenvalue weighted by atomic mass is 16.2. The minimum absolute atomic E-state index is 0.0544. The van der Waals surface area contributed by atoms with Crippen molar-refractivity contribution in [2.24, 2.45) is 29.4 Å². The van der Waals surface area contributed by atoms with E-state index in [4.69, 9.17) is 5.73 Å². The molecule has 23 heteroatoms. The molecule has 1 aromatic heterocycles. The van der Waals surface area contributed by atoms with Crippen molar-refractivity contribution in [1.82, 2.24) is 68.5 Å². The van der Waals surface area contributed by atoms with Gasteiger partial charge in [-0.3, -0.25) is 24.0 Å². The summed E-state index contributed by atoms with van der Waals surface area (Å²) >= 11 is 0. The largest absolute Gasteiger partial charge is 0.350 e. The molecule has 0 bridgehead atoms. The number of nitrogens with one attached hydrogen (secondary N) is 12. The van der Waals surface area contributed by atoms with Gasteiger partial charge in [0.15, 0.2) is 0 Å². The highest BCUT2D eigenvalue weighted by Gasteiger charge is 2.33. The number of nitrogens with two attached hydrogens (primary N) is 1. The summed E-state index contributed by atoms with van der Waals surface area (Å²) in [5.74, 6) is -2.62. The fourth-order valence-corrected chi connectivity index (χ4v) is 7.42. The highest BCUT2D eigenvalue weighted by molar-refractivity contribution is 5.95. The van der Waals surface area contributed by atoms with Crippen LogP contribution < -0.4 is 64.2 Å². The molecule has 0 aromatic carbocycles. The predicted octanol–water partition coefficient (Wildman–Crippen LogP) is 1.34. The quantitative estimate of drug-likeness (QED) is 0.0446. The van der Waals surface area contributed by atoms with Gasteiger partial charge in [-0.05, 0) is 69.6 Å². The summed E-state index contributed by atoms with van der Waals surface area (Å²) in [6.07, 6.45) is 6.79. The molecular weight excluding hydrogens is 917 g/mol. The molecule has 0 aliphatic heterocycles. The van der Waals surface area contributed by atoms with Crippen LogP contribution in [0.4, 0.5) is 14.4 Å². The Bertz CT molecular complexity index is 1810. The lowest BCUT2D eigenvalue weighted by atomic mass is 9.96. The Morgan fingerprint density at radius 3 is 1.54 bits per heavy atom. The van der Waals surface area contributed by atoms with Crippen LogP contribution in [0.3, 0.4) is 0 Å². The lowest BCUT2D eigenvalue weighted by molar-refractivity contribution is -0.134. The van der Waals surface area contributed by atoms with Crippen molar-refractivity contribution in [3.8, 4) is 0 Å². The summed E-state index contributed by atoms with van der Waals surface area (Å²) in [7, 11) is 0. The van der Waals surface area contributed by atoms with E-state index in [1.165, 1.54) is 26.4 Å². The first-order valence-electron chi connectivity index (χ1n) is 25.3. The maximum absolute atomic E-state index is 14.0. The number of rotatable bonds is 33. The summed E-state index contributed by atoms with van der Waals surface area (Å²) in [6, 6.07) is -8.65. The molecule has 0 saturated heterocycles. The molecule has 0 saturated carbocycles. The third-order valence-electron chi connectivity index (χ3n) is 11.5. The van der Waals surface area contributed by atoms with Crippen molar-refractivity contribution in [2.45, 2.75) is 189 Å². The van der Waals surface area contributed by atoms with Crippen LogP contribution in [0.1, 0.15) is 134 Å². The van der Waals surface area contributed by atoms with Gasteiger partial charge in [-0.2, -0.15) is 0 Å². The number of aromatic nitrogens is 2. The Balaban J connectivity index is 2.95. The first kappa shape index (κ1) is 63.0. The van der Waals surface area contributed by atoms with E-state index >= 15 is 0 Å². The number of urea groups is 3. The van der Waals surface area contributed by atoms with Gasteiger partial charge >= 0.3 is 18.1 Å². The molecule has 1 rings (SSSR count). The summed E-state index contributed by atoms with van der Waals surface area (Å²) in [6.45, 7) is 22.4. The van der Waals surface area contributed by atoms with E-state index in [0.29, 0.717) is 50.5 Å². The van der Waals surface area contributed by atoms with E-state index in [9.17, 15) is 43.2 Å². The van der Waals surface area contributed by atoms with Gasteiger partial charge in [0.1, 0.15) is 30.5 Å². The van der Waals surface area contributed by atoms with Gasteiger partial charge in [-0.25, -0.2) is 19.4 Å². The van der Waals surface area contributed by atoms with Crippen LogP contribution >= 0.6 is 0 Å². The topological polar surface area (TPSA) is 341 Å². The number of aromatic amines is 1. The van der Waals surface area contributed by atoms with Crippen LogP contribution in [0.25, 0.3) is 0 Å². The summed E-state index contributed by atoms with van der Waals surface area (Å²) in [5.41, 5.74) is 6.34. The normalized spacial score (nSPS) is 15.5. The Hall–Kier alpha value is -6.00. The second kappa shape index (κ2) is 33.6. The zero-order valence-electron chi connectivity index (χ0n) is 44.2. The molecule has 0 fully saturated rings. The maximum Gasteiger partial charge on any atom is 0.315 e. The minimum atomic E-state index is -1.07. The maximum atomic E-state index is 14.0. The lowest BCUT2D eigenvalue weighted by Crippen LogP contribution is -2.60. The fraction of sp³-hybridized carbons (Fsp3) is 0.750. The molecule has 0 aliphatic rings. The van der Waals surface area contributed by atoms with Crippen molar-refractivity contribution in [1.29, 1.82) is 0 Å². The number of imidazole rings is 1. The third-order valence-corrected chi connectivity index (χ3v) is 11.5. The van der Waals surface area contributed by atoms with E-state index in [-0.39, 0.29) is 56.1 Å². The Morgan fingerprint density at radius 2 is 1.06 bits per heavy atom. The van der Waals surface area contributed by atoms with Gasteiger partial charge < -0.3 is 74.0 Å². The Labute approximate surface area is 420 Å². The first-order chi connectivity index (χ1) is 33.4. The molecule has 71 heavy (non-hydrogen) atoms. The second-order valence-corrected chi connectivity index (χ2v) is 19.8. The molecule has 11 amide bonds. The van der Waals surface area contributed by atoms with Gasteiger partial charge in [0.05, 0.1) is 18.4 Å². The van der Waals surface area contributed by atoms with E-state index < -0.39 is 102 Å². The standard InChI is InChI=1S/C48H88N14O9/c1-13-16-37(59-44(67)39(60-41(64)32(12)49)20-34-21-50-26-54-34)42(65)62-40(30(10)14-2)45(68)56-35(17-27(4)5)23-52-46(69)57-33(15-3)22-51-47(70)58-36(18-28(6)7)24-53-48(71)61-38(19-29(8)9)43(66)55-31(11)25-63/h21,25-33,35-40H,13-20,22-24,49H2,1-12H3,(H,50,54)(H,55,66)(H,56,68)(H,59,67)(H,60,64)(H,62,65)(H2,51,58,70)(H2,52,57,69)(H2,53,61,71)/t30-,31-,32-,33-,35-,36-,37-,38-,39-,40-/m0/s1. The van der Waals surface area contributed by atoms with Crippen molar-refractivity contribution in [3.05, 3.63) is 18.2 Å². The smallest absolute Gasteiger partial charge is 0.315 e. The van der Waals surface area contributed by atoms with Crippen LogP contribution in [0.5, 0.6) is 0 Å². The first-order valence-corrected chi connectivity index (χ1v) is 25.3. The van der Waals surface area contributed by atoms with Crippen molar-refractivity contribution in [3.63, 3.8) is 0 Å². The molecule has 1 aromatic rings. The molecule has 0 aliphatic carbocycles. The average molecular weight is 1010 g/mol.